The zero-order valence-corrected chi connectivity index (χ0v) is 12.6. The fourth-order valence-electron chi connectivity index (χ4n) is 1.37. The monoisotopic (exact) mass is 274 g/mol. The molecule has 0 saturated heterocycles. The maximum atomic E-state index is 11.9. The predicted molar refractivity (Wildman–Crippen MR) is 72.7 cm³/mol. The summed E-state index contributed by atoms with van der Waals surface area (Å²) in [5.41, 5.74) is -0.526. The second-order valence-electron chi connectivity index (χ2n) is 5.25. The van der Waals surface area contributed by atoms with E-state index in [1.165, 1.54) is 7.11 Å². The maximum absolute atomic E-state index is 11.9. The van der Waals surface area contributed by atoms with Gasteiger partial charge in [-0.1, -0.05) is 6.92 Å². The summed E-state index contributed by atoms with van der Waals surface area (Å²) in [6.07, 6.45) is 0.676. The molecule has 0 unspecified atom stereocenters. The number of carbonyl (C=O) groups excluding carboxylic acids is 2. The normalized spacial score (nSPS) is 11.0. The lowest BCUT2D eigenvalue weighted by Gasteiger charge is -2.27. The number of amides is 2. The van der Waals surface area contributed by atoms with Crippen LogP contribution in [0.15, 0.2) is 0 Å². The zero-order valence-electron chi connectivity index (χ0n) is 12.6. The number of hydrogen-bond donors (Lipinski definition) is 1. The third-order valence-electron chi connectivity index (χ3n) is 2.17. The van der Waals surface area contributed by atoms with Gasteiger partial charge in [0.15, 0.2) is 0 Å². The van der Waals surface area contributed by atoms with Gasteiger partial charge >= 0.3 is 6.09 Å². The second-order valence-corrected chi connectivity index (χ2v) is 5.25. The first-order valence-corrected chi connectivity index (χ1v) is 6.53. The van der Waals surface area contributed by atoms with Crippen molar-refractivity contribution >= 4 is 12.0 Å². The molecule has 0 fully saturated rings. The van der Waals surface area contributed by atoms with E-state index in [2.05, 4.69) is 5.32 Å². The highest BCUT2D eigenvalue weighted by Crippen LogP contribution is 2.10. The van der Waals surface area contributed by atoms with E-state index in [-0.39, 0.29) is 25.2 Å². The van der Waals surface area contributed by atoms with Gasteiger partial charge in [0.25, 0.3) is 0 Å². The van der Waals surface area contributed by atoms with Crippen LogP contribution in [0.1, 0.15) is 40.5 Å². The smallest absolute Gasteiger partial charge is 0.410 e. The molecule has 0 aliphatic rings. The van der Waals surface area contributed by atoms with Gasteiger partial charge in [0.1, 0.15) is 12.3 Å². The van der Waals surface area contributed by atoms with Crippen LogP contribution >= 0.6 is 0 Å². The molecule has 0 aliphatic carbocycles. The van der Waals surface area contributed by atoms with Crippen molar-refractivity contribution in [1.29, 1.82) is 0 Å². The number of nitrogens with zero attached hydrogens (tertiary/aromatic N) is 1. The summed E-state index contributed by atoms with van der Waals surface area (Å²) >= 11 is 0. The summed E-state index contributed by atoms with van der Waals surface area (Å²) < 4.78 is 10.0. The van der Waals surface area contributed by atoms with Crippen LogP contribution in [0.4, 0.5) is 4.79 Å². The SMILES string of the molecule is CCCN(CCC(=O)NCOC)C(=O)OC(C)(C)C. The van der Waals surface area contributed by atoms with Crippen molar-refractivity contribution in [2.24, 2.45) is 0 Å². The molecule has 6 nitrogen and oxygen atoms in total. The Labute approximate surface area is 115 Å². The average molecular weight is 274 g/mol. The van der Waals surface area contributed by atoms with E-state index < -0.39 is 5.60 Å². The molecule has 0 aliphatic heterocycles. The van der Waals surface area contributed by atoms with Crippen molar-refractivity contribution in [2.75, 3.05) is 26.9 Å². The molecule has 2 amide bonds. The fraction of sp³-hybridized carbons (Fsp3) is 0.846. The average Bonchev–Trinajstić information content (AvgIpc) is 2.29. The number of ether oxygens (including phenoxy) is 2. The van der Waals surface area contributed by atoms with E-state index in [4.69, 9.17) is 9.47 Å². The second kappa shape index (κ2) is 8.74. The molecule has 0 aromatic rings. The van der Waals surface area contributed by atoms with E-state index in [0.29, 0.717) is 13.1 Å². The molecule has 112 valence electrons. The number of hydrogen-bond acceptors (Lipinski definition) is 4. The highest BCUT2D eigenvalue weighted by atomic mass is 16.6. The van der Waals surface area contributed by atoms with Crippen molar-refractivity contribution in [3.8, 4) is 0 Å². The summed E-state index contributed by atoms with van der Waals surface area (Å²) in [6.45, 7) is 8.53. The van der Waals surface area contributed by atoms with Crippen LogP contribution in [0.3, 0.4) is 0 Å². The Morgan fingerprint density at radius 2 is 1.84 bits per heavy atom. The summed E-state index contributed by atoms with van der Waals surface area (Å²) in [5.74, 6) is -0.147. The van der Waals surface area contributed by atoms with Gasteiger partial charge in [-0.15, -0.1) is 0 Å². The molecule has 0 aromatic carbocycles. The van der Waals surface area contributed by atoms with Crippen LogP contribution in [0.25, 0.3) is 0 Å². The zero-order chi connectivity index (χ0) is 14.9. The van der Waals surface area contributed by atoms with Crippen molar-refractivity contribution < 1.29 is 19.1 Å². The molecule has 0 aromatic heterocycles. The fourth-order valence-corrected chi connectivity index (χ4v) is 1.37. The van der Waals surface area contributed by atoms with Crippen molar-refractivity contribution in [1.82, 2.24) is 10.2 Å². The minimum Gasteiger partial charge on any atom is -0.444 e. The molecular weight excluding hydrogens is 248 g/mol. The first-order valence-electron chi connectivity index (χ1n) is 6.53. The van der Waals surface area contributed by atoms with Gasteiger partial charge < -0.3 is 19.7 Å². The highest BCUT2D eigenvalue weighted by Gasteiger charge is 2.21. The van der Waals surface area contributed by atoms with Crippen LogP contribution in [0, 0.1) is 0 Å². The lowest BCUT2D eigenvalue weighted by Crippen LogP contribution is -2.39. The van der Waals surface area contributed by atoms with E-state index in [1.807, 2.05) is 27.7 Å². The molecule has 0 rings (SSSR count). The first kappa shape index (κ1) is 17.7. The van der Waals surface area contributed by atoms with Crippen LogP contribution in [0.5, 0.6) is 0 Å². The van der Waals surface area contributed by atoms with Gasteiger partial charge in [-0.2, -0.15) is 0 Å². The number of nitrogens with one attached hydrogen (secondary N) is 1. The Morgan fingerprint density at radius 1 is 1.21 bits per heavy atom. The molecule has 0 atom stereocenters. The topological polar surface area (TPSA) is 67.9 Å². The molecule has 19 heavy (non-hydrogen) atoms. The van der Waals surface area contributed by atoms with Crippen molar-refractivity contribution in [3.05, 3.63) is 0 Å². The largest absolute Gasteiger partial charge is 0.444 e. The van der Waals surface area contributed by atoms with Crippen molar-refractivity contribution in [3.63, 3.8) is 0 Å². The standard InChI is InChI=1S/C13H26N2O4/c1-6-8-15(12(17)19-13(2,3)4)9-7-11(16)14-10-18-5/h6-10H2,1-5H3,(H,14,16). The molecule has 0 heterocycles. The van der Waals surface area contributed by atoms with E-state index in [0.717, 1.165) is 6.42 Å². The van der Waals surface area contributed by atoms with Gasteiger partial charge in [0.05, 0.1) is 0 Å². The van der Waals surface area contributed by atoms with Crippen LogP contribution in [-0.4, -0.2) is 49.4 Å². The van der Waals surface area contributed by atoms with Crippen molar-refractivity contribution in [2.45, 2.75) is 46.1 Å². The minimum absolute atomic E-state index is 0.147. The first-order chi connectivity index (χ1) is 8.80. The molecule has 0 radical (unpaired) electrons. The van der Waals surface area contributed by atoms with Gasteiger partial charge in [-0.25, -0.2) is 4.79 Å². The van der Waals surface area contributed by atoms with Gasteiger partial charge in [-0.3, -0.25) is 4.79 Å². The van der Waals surface area contributed by atoms with Crippen LogP contribution < -0.4 is 5.32 Å². The van der Waals surface area contributed by atoms with E-state index in [9.17, 15) is 9.59 Å². The Morgan fingerprint density at radius 3 is 2.32 bits per heavy atom. The molecule has 0 spiro atoms. The molecule has 1 N–H and O–H groups in total. The number of carbonyl (C=O) groups is 2. The summed E-state index contributed by atoms with van der Waals surface area (Å²) in [7, 11) is 1.50. The summed E-state index contributed by atoms with van der Waals surface area (Å²) in [5, 5.41) is 2.58. The molecule has 6 heteroatoms. The maximum Gasteiger partial charge on any atom is 0.410 e. The van der Waals surface area contributed by atoms with E-state index >= 15 is 0 Å². The van der Waals surface area contributed by atoms with Gasteiger partial charge in [0.2, 0.25) is 5.91 Å². The molecule has 0 saturated carbocycles. The lowest BCUT2D eigenvalue weighted by atomic mass is 10.2. The Bertz CT molecular complexity index is 287. The van der Waals surface area contributed by atoms with Crippen LogP contribution in [0.2, 0.25) is 0 Å². The summed E-state index contributed by atoms with van der Waals surface area (Å²) in [4.78, 5) is 24.9. The number of rotatable bonds is 7. The molecular formula is C13H26N2O4. The molecule has 0 bridgehead atoms. The Balaban J connectivity index is 4.25. The number of methoxy groups -OCH3 is 1. The van der Waals surface area contributed by atoms with Crippen LogP contribution in [-0.2, 0) is 14.3 Å². The third-order valence-corrected chi connectivity index (χ3v) is 2.17. The minimum atomic E-state index is -0.526. The third kappa shape index (κ3) is 9.30. The highest BCUT2D eigenvalue weighted by molar-refractivity contribution is 5.76. The lowest BCUT2D eigenvalue weighted by molar-refractivity contribution is -0.122. The summed E-state index contributed by atoms with van der Waals surface area (Å²) in [6, 6.07) is 0. The Hall–Kier alpha value is -1.30. The van der Waals surface area contributed by atoms with E-state index in [1.54, 1.807) is 4.90 Å². The predicted octanol–water partition coefficient (Wildman–Crippen LogP) is 1.74. The quantitative estimate of drug-likeness (QED) is 0.718. The van der Waals surface area contributed by atoms with Gasteiger partial charge in [-0.05, 0) is 27.2 Å². The van der Waals surface area contributed by atoms with Gasteiger partial charge in [0, 0.05) is 26.6 Å². The Kier molecular flexibility index (Phi) is 8.14.